The van der Waals surface area contributed by atoms with Crippen LogP contribution in [0.1, 0.15) is 51.0 Å². The van der Waals surface area contributed by atoms with Crippen LogP contribution in [0.5, 0.6) is 0 Å². The summed E-state index contributed by atoms with van der Waals surface area (Å²) in [6.07, 6.45) is 13.6. The first kappa shape index (κ1) is 22.3. The summed E-state index contributed by atoms with van der Waals surface area (Å²) in [6, 6.07) is 9.98. The Labute approximate surface area is 213 Å². The van der Waals surface area contributed by atoms with Crippen LogP contribution in [0.4, 0.5) is 11.5 Å². The van der Waals surface area contributed by atoms with Crippen molar-refractivity contribution < 1.29 is 9.47 Å². The highest BCUT2D eigenvalue weighted by atomic mass is 16.5. The molecule has 2 aliphatic rings. The lowest BCUT2D eigenvalue weighted by Gasteiger charge is -2.23. The lowest BCUT2D eigenvalue weighted by atomic mass is 10.1. The summed E-state index contributed by atoms with van der Waals surface area (Å²) in [7, 11) is 0. The van der Waals surface area contributed by atoms with Gasteiger partial charge in [0.15, 0.2) is 5.65 Å². The summed E-state index contributed by atoms with van der Waals surface area (Å²) in [5.41, 5.74) is 4.91. The third kappa shape index (κ3) is 4.11. The quantitative estimate of drug-likeness (QED) is 0.346. The molecule has 6 heterocycles. The number of anilines is 2. The van der Waals surface area contributed by atoms with Crippen molar-refractivity contribution in [3.05, 3.63) is 55.4 Å². The molecule has 10 nitrogen and oxygen atoms in total. The van der Waals surface area contributed by atoms with Crippen LogP contribution >= 0.6 is 0 Å². The third-order valence-electron chi connectivity index (χ3n) is 7.16. The fourth-order valence-corrected chi connectivity index (χ4v) is 5.28. The van der Waals surface area contributed by atoms with Gasteiger partial charge in [0.1, 0.15) is 35.8 Å². The average molecular weight is 497 g/mol. The van der Waals surface area contributed by atoms with Crippen molar-refractivity contribution in [3.63, 3.8) is 0 Å². The first-order valence-corrected chi connectivity index (χ1v) is 13.0. The highest BCUT2D eigenvalue weighted by molar-refractivity contribution is 5.96. The molecule has 2 atom stereocenters. The number of imidazole rings is 1. The maximum atomic E-state index is 5.99. The average Bonchev–Trinajstić information content (AvgIpc) is 3.60. The fraction of sp³-hybridized carbons (Fsp3) is 0.370. The number of ether oxygens (including phenoxy) is 2. The van der Waals surface area contributed by atoms with Gasteiger partial charge in [0.05, 0.1) is 17.5 Å². The van der Waals surface area contributed by atoms with E-state index in [1.165, 1.54) is 0 Å². The molecule has 188 valence electrons. The van der Waals surface area contributed by atoms with E-state index in [2.05, 4.69) is 26.5 Å². The molecule has 0 saturated carbocycles. The van der Waals surface area contributed by atoms with Crippen LogP contribution in [0.15, 0.2) is 55.4 Å². The normalized spacial score (nSPS) is 20.4. The molecular weight excluding hydrogens is 468 g/mol. The van der Waals surface area contributed by atoms with Crippen molar-refractivity contribution in [2.24, 2.45) is 0 Å². The van der Waals surface area contributed by atoms with Crippen LogP contribution in [-0.2, 0) is 9.47 Å². The zero-order chi connectivity index (χ0) is 24.6. The Balaban J connectivity index is 1.26. The van der Waals surface area contributed by atoms with Crippen molar-refractivity contribution in [2.75, 3.05) is 18.5 Å². The van der Waals surface area contributed by atoms with Gasteiger partial charge in [0.25, 0.3) is 0 Å². The van der Waals surface area contributed by atoms with Crippen molar-refractivity contribution in [3.8, 4) is 11.3 Å². The zero-order valence-corrected chi connectivity index (χ0v) is 20.5. The summed E-state index contributed by atoms with van der Waals surface area (Å²) in [5.74, 6) is 0.695. The third-order valence-corrected chi connectivity index (χ3v) is 7.16. The summed E-state index contributed by atoms with van der Waals surface area (Å²) >= 11 is 0. The highest BCUT2D eigenvalue weighted by Crippen LogP contribution is 2.35. The molecule has 1 aromatic carbocycles. The predicted molar refractivity (Wildman–Crippen MR) is 139 cm³/mol. The molecule has 10 heteroatoms. The van der Waals surface area contributed by atoms with E-state index in [1.54, 1.807) is 12.5 Å². The maximum absolute atomic E-state index is 5.99. The molecular formula is C27H28N8O2. The van der Waals surface area contributed by atoms with Crippen molar-refractivity contribution in [2.45, 2.75) is 51.0 Å². The van der Waals surface area contributed by atoms with Gasteiger partial charge in [-0.3, -0.25) is 4.57 Å². The summed E-state index contributed by atoms with van der Waals surface area (Å²) in [4.78, 5) is 18.5. The van der Waals surface area contributed by atoms with Gasteiger partial charge in [-0.15, -0.1) is 0 Å². The van der Waals surface area contributed by atoms with Crippen LogP contribution < -0.4 is 5.32 Å². The number of aromatic nitrogens is 7. The predicted octanol–water partition coefficient (Wildman–Crippen LogP) is 5.38. The Morgan fingerprint density at radius 2 is 1.73 bits per heavy atom. The molecule has 2 aliphatic heterocycles. The Kier molecular flexibility index (Phi) is 5.75. The number of fused-ring (bicyclic) bond motifs is 2. The van der Waals surface area contributed by atoms with Crippen LogP contribution in [0.2, 0.25) is 0 Å². The monoisotopic (exact) mass is 496 g/mol. The zero-order valence-electron chi connectivity index (χ0n) is 20.5. The molecule has 0 radical (unpaired) electrons. The Bertz CT molecular complexity index is 1550. The number of nitrogens with zero attached hydrogens (tertiary/aromatic N) is 7. The Morgan fingerprint density at radius 3 is 2.57 bits per heavy atom. The van der Waals surface area contributed by atoms with Gasteiger partial charge in [0, 0.05) is 36.6 Å². The van der Waals surface area contributed by atoms with Gasteiger partial charge < -0.3 is 14.8 Å². The molecule has 5 aromatic rings. The molecule has 2 saturated heterocycles. The van der Waals surface area contributed by atoms with E-state index >= 15 is 0 Å². The number of hydrogen-bond donors (Lipinski definition) is 1. The largest absolute Gasteiger partial charge is 0.358 e. The standard InChI is InChI=1S/C27H28N8O2/c1-3-13-36-22(10-1)34-17-31-25-24(29-16-30-27(25)34)18-7-6-12-28-26(18)32-20-8-5-9-21-19(20)15-35(33-21)23-11-2-4-14-37-23/h5-9,12,15-17,22-23H,1-4,10-11,13-14H2,(H,28,32). The van der Waals surface area contributed by atoms with E-state index < -0.39 is 0 Å². The van der Waals surface area contributed by atoms with Crippen molar-refractivity contribution in [1.29, 1.82) is 0 Å². The van der Waals surface area contributed by atoms with Gasteiger partial charge in [-0.05, 0) is 62.8 Å². The minimum absolute atomic E-state index is 0.0167. The minimum atomic E-state index is -0.0460. The Morgan fingerprint density at radius 1 is 0.865 bits per heavy atom. The molecule has 7 rings (SSSR count). The summed E-state index contributed by atoms with van der Waals surface area (Å²) in [5, 5.41) is 9.35. The van der Waals surface area contributed by atoms with Gasteiger partial charge in [-0.2, -0.15) is 5.10 Å². The number of benzene rings is 1. The number of pyridine rings is 1. The van der Waals surface area contributed by atoms with Crippen LogP contribution in [0.3, 0.4) is 0 Å². The minimum Gasteiger partial charge on any atom is -0.358 e. The number of hydrogen-bond acceptors (Lipinski definition) is 8. The number of rotatable bonds is 5. The van der Waals surface area contributed by atoms with E-state index in [0.29, 0.717) is 5.82 Å². The molecule has 0 amide bonds. The van der Waals surface area contributed by atoms with Gasteiger partial charge in [-0.25, -0.2) is 24.6 Å². The SMILES string of the molecule is c1cnc(Nc2cccc3nn(C4CCCCO4)cc23)c(-c2ncnc3c2ncn3C2CCCCO2)c1. The molecule has 0 bridgehead atoms. The second-order valence-electron chi connectivity index (χ2n) is 9.56. The van der Waals surface area contributed by atoms with Crippen LogP contribution in [0, 0.1) is 0 Å². The molecule has 4 aromatic heterocycles. The van der Waals surface area contributed by atoms with E-state index in [9.17, 15) is 0 Å². The first-order valence-electron chi connectivity index (χ1n) is 13.0. The van der Waals surface area contributed by atoms with Gasteiger partial charge in [-0.1, -0.05) is 6.07 Å². The lowest BCUT2D eigenvalue weighted by Crippen LogP contribution is -2.18. The van der Waals surface area contributed by atoms with E-state index in [4.69, 9.17) is 19.6 Å². The van der Waals surface area contributed by atoms with E-state index in [0.717, 1.165) is 90.8 Å². The smallest absolute Gasteiger partial charge is 0.165 e. The summed E-state index contributed by atoms with van der Waals surface area (Å²) < 4.78 is 15.9. The van der Waals surface area contributed by atoms with E-state index in [1.807, 2.05) is 45.9 Å². The molecule has 1 N–H and O–H groups in total. The van der Waals surface area contributed by atoms with Crippen molar-refractivity contribution in [1.82, 2.24) is 34.3 Å². The molecule has 0 spiro atoms. The topological polar surface area (TPSA) is 105 Å². The summed E-state index contributed by atoms with van der Waals surface area (Å²) in [6.45, 7) is 1.53. The van der Waals surface area contributed by atoms with Gasteiger partial charge in [0.2, 0.25) is 0 Å². The molecule has 2 unspecified atom stereocenters. The maximum Gasteiger partial charge on any atom is 0.165 e. The lowest BCUT2D eigenvalue weighted by molar-refractivity contribution is -0.0390. The molecule has 37 heavy (non-hydrogen) atoms. The first-order chi connectivity index (χ1) is 18.3. The van der Waals surface area contributed by atoms with Crippen LogP contribution in [-0.4, -0.2) is 47.5 Å². The second-order valence-corrected chi connectivity index (χ2v) is 9.56. The van der Waals surface area contributed by atoms with Crippen LogP contribution in [0.25, 0.3) is 33.3 Å². The van der Waals surface area contributed by atoms with Gasteiger partial charge >= 0.3 is 0 Å². The number of nitrogens with one attached hydrogen (secondary N) is 1. The molecule has 2 fully saturated rings. The Hall–Kier alpha value is -3.89. The van der Waals surface area contributed by atoms with Crippen molar-refractivity contribution >= 4 is 33.6 Å². The van der Waals surface area contributed by atoms with E-state index in [-0.39, 0.29) is 12.5 Å². The highest BCUT2D eigenvalue weighted by Gasteiger charge is 2.22. The second kappa shape index (κ2) is 9.53. The molecule has 0 aliphatic carbocycles. The fourth-order valence-electron chi connectivity index (χ4n) is 5.28.